The zero-order chi connectivity index (χ0) is 14.1. The Balaban J connectivity index is 1.98. The second-order valence-corrected chi connectivity index (χ2v) is 4.93. The predicted molar refractivity (Wildman–Crippen MR) is 77.7 cm³/mol. The number of hydrogen-bond donors (Lipinski definition) is 0. The summed E-state index contributed by atoms with van der Waals surface area (Å²) in [5.74, 6) is -0.777. The van der Waals surface area contributed by atoms with Crippen LogP contribution in [0.3, 0.4) is 0 Å². The molecule has 1 heterocycles. The van der Waals surface area contributed by atoms with Crippen molar-refractivity contribution in [3.8, 4) is 0 Å². The number of benzene rings is 2. The highest BCUT2D eigenvalue weighted by Crippen LogP contribution is 2.24. The van der Waals surface area contributed by atoms with Crippen LogP contribution in [0.15, 0.2) is 54.7 Å². The Labute approximate surface area is 120 Å². The third-order valence-electron chi connectivity index (χ3n) is 3.23. The molecular weight excluding hydrogens is 277 g/mol. The standard InChI is InChI=1S/C16H11ClFNO/c17-13-6-3-4-11-8-9-19(16(11)13)10-15(20)12-5-1-2-7-14(12)18/h1-9H,10H2. The van der Waals surface area contributed by atoms with Gasteiger partial charge in [0.25, 0.3) is 0 Å². The highest BCUT2D eigenvalue weighted by atomic mass is 35.5. The Morgan fingerprint density at radius 2 is 1.90 bits per heavy atom. The first-order valence-corrected chi connectivity index (χ1v) is 6.56. The fraction of sp³-hybridized carbons (Fsp3) is 0.0625. The quantitative estimate of drug-likeness (QED) is 0.658. The lowest BCUT2D eigenvalue weighted by Gasteiger charge is -2.07. The summed E-state index contributed by atoms with van der Waals surface area (Å²) in [5, 5.41) is 1.53. The van der Waals surface area contributed by atoms with Gasteiger partial charge in [0.1, 0.15) is 5.82 Å². The van der Waals surface area contributed by atoms with E-state index in [1.165, 1.54) is 12.1 Å². The van der Waals surface area contributed by atoms with E-state index in [4.69, 9.17) is 11.6 Å². The first kappa shape index (κ1) is 12.9. The molecule has 3 rings (SSSR count). The minimum Gasteiger partial charge on any atom is -0.338 e. The lowest BCUT2D eigenvalue weighted by atomic mass is 10.1. The van der Waals surface area contributed by atoms with Crippen LogP contribution in [-0.2, 0) is 6.54 Å². The smallest absolute Gasteiger partial charge is 0.185 e. The molecule has 4 heteroatoms. The Morgan fingerprint density at radius 1 is 1.10 bits per heavy atom. The van der Waals surface area contributed by atoms with Gasteiger partial charge in [-0.2, -0.15) is 0 Å². The van der Waals surface area contributed by atoms with Crippen molar-refractivity contribution in [2.45, 2.75) is 6.54 Å². The minimum absolute atomic E-state index is 0.0637. The molecule has 0 radical (unpaired) electrons. The van der Waals surface area contributed by atoms with Crippen LogP contribution in [0.2, 0.25) is 5.02 Å². The number of ketones is 1. The SMILES string of the molecule is O=C(Cn1ccc2cccc(Cl)c21)c1ccccc1F. The first-order valence-electron chi connectivity index (χ1n) is 6.18. The van der Waals surface area contributed by atoms with E-state index in [1.807, 2.05) is 18.2 Å². The van der Waals surface area contributed by atoms with Crippen molar-refractivity contribution in [3.63, 3.8) is 0 Å². The topological polar surface area (TPSA) is 22.0 Å². The number of carbonyl (C=O) groups excluding carboxylic acids is 1. The fourth-order valence-electron chi connectivity index (χ4n) is 2.27. The van der Waals surface area contributed by atoms with Crippen LogP contribution >= 0.6 is 11.6 Å². The molecule has 0 spiro atoms. The Bertz CT molecular complexity index is 794. The number of carbonyl (C=O) groups is 1. The third kappa shape index (κ3) is 2.21. The molecule has 0 aliphatic heterocycles. The number of nitrogens with zero attached hydrogens (tertiary/aromatic N) is 1. The summed E-state index contributed by atoms with van der Waals surface area (Å²) in [6.07, 6.45) is 1.79. The third-order valence-corrected chi connectivity index (χ3v) is 3.53. The van der Waals surface area contributed by atoms with Gasteiger partial charge < -0.3 is 4.57 Å². The van der Waals surface area contributed by atoms with Crippen molar-refractivity contribution < 1.29 is 9.18 Å². The summed E-state index contributed by atoms with van der Waals surface area (Å²) in [4.78, 5) is 12.2. The van der Waals surface area contributed by atoms with Crippen molar-refractivity contribution in [2.75, 3.05) is 0 Å². The van der Waals surface area contributed by atoms with Crippen molar-refractivity contribution in [3.05, 3.63) is 71.1 Å². The van der Waals surface area contributed by atoms with Crippen LogP contribution in [-0.4, -0.2) is 10.4 Å². The molecule has 0 saturated heterocycles. The number of aromatic nitrogens is 1. The fourth-order valence-corrected chi connectivity index (χ4v) is 2.56. The van der Waals surface area contributed by atoms with Crippen LogP contribution < -0.4 is 0 Å². The molecule has 2 nitrogen and oxygen atoms in total. The van der Waals surface area contributed by atoms with Gasteiger partial charge in [0.2, 0.25) is 0 Å². The van der Waals surface area contributed by atoms with Gasteiger partial charge >= 0.3 is 0 Å². The minimum atomic E-state index is -0.500. The molecule has 20 heavy (non-hydrogen) atoms. The van der Waals surface area contributed by atoms with Gasteiger partial charge in [-0.1, -0.05) is 35.9 Å². The summed E-state index contributed by atoms with van der Waals surface area (Å²) in [6.45, 7) is 0.0637. The summed E-state index contributed by atoms with van der Waals surface area (Å²) < 4.78 is 15.3. The number of halogens is 2. The zero-order valence-corrected chi connectivity index (χ0v) is 11.3. The average molecular weight is 288 g/mol. The van der Waals surface area contributed by atoms with E-state index in [1.54, 1.807) is 29.0 Å². The number of para-hydroxylation sites is 1. The molecule has 100 valence electrons. The van der Waals surface area contributed by atoms with Crippen LogP contribution in [0.4, 0.5) is 4.39 Å². The molecule has 3 aromatic rings. The maximum atomic E-state index is 13.6. The lowest BCUT2D eigenvalue weighted by Crippen LogP contribution is -2.11. The molecule has 0 unspecified atom stereocenters. The molecule has 0 fully saturated rings. The molecule has 0 amide bonds. The average Bonchev–Trinajstić information content (AvgIpc) is 2.84. The molecular formula is C16H11ClFNO. The first-order chi connectivity index (χ1) is 9.66. The largest absolute Gasteiger partial charge is 0.338 e. The Kier molecular flexibility index (Phi) is 3.28. The zero-order valence-electron chi connectivity index (χ0n) is 10.5. The van der Waals surface area contributed by atoms with Gasteiger partial charge in [-0.25, -0.2) is 4.39 Å². The predicted octanol–water partition coefficient (Wildman–Crippen LogP) is 4.32. The van der Waals surface area contributed by atoms with Gasteiger partial charge in [-0.05, 0) is 24.3 Å². The van der Waals surface area contributed by atoms with Crippen LogP contribution in [0.25, 0.3) is 10.9 Å². The second-order valence-electron chi connectivity index (χ2n) is 4.52. The van der Waals surface area contributed by atoms with Gasteiger partial charge in [0.05, 0.1) is 22.6 Å². The molecule has 0 atom stereocenters. The molecule has 0 N–H and O–H groups in total. The maximum absolute atomic E-state index is 13.6. The van der Waals surface area contributed by atoms with Crippen molar-refractivity contribution in [2.24, 2.45) is 0 Å². The highest BCUT2D eigenvalue weighted by Gasteiger charge is 2.13. The second kappa shape index (κ2) is 5.10. The number of rotatable bonds is 3. The van der Waals surface area contributed by atoms with Crippen LogP contribution in [0.5, 0.6) is 0 Å². The van der Waals surface area contributed by atoms with E-state index in [9.17, 15) is 9.18 Å². The van der Waals surface area contributed by atoms with Crippen LogP contribution in [0, 0.1) is 5.82 Å². The maximum Gasteiger partial charge on any atom is 0.185 e. The molecule has 0 aliphatic rings. The number of fused-ring (bicyclic) bond motifs is 1. The van der Waals surface area contributed by atoms with Crippen molar-refractivity contribution >= 4 is 28.3 Å². The summed E-state index contributed by atoms with van der Waals surface area (Å²) in [6, 6.07) is 13.4. The monoisotopic (exact) mass is 287 g/mol. The summed E-state index contributed by atoms with van der Waals surface area (Å²) in [5.41, 5.74) is 0.889. The molecule has 2 aromatic carbocycles. The molecule has 1 aromatic heterocycles. The normalized spacial score (nSPS) is 10.9. The number of Topliss-reactive ketones (excluding diaryl/α,β-unsaturated/α-hetero) is 1. The number of hydrogen-bond acceptors (Lipinski definition) is 1. The van der Waals surface area contributed by atoms with E-state index < -0.39 is 5.82 Å². The van der Waals surface area contributed by atoms with Gasteiger partial charge in [-0.15, -0.1) is 0 Å². The lowest BCUT2D eigenvalue weighted by molar-refractivity contribution is 0.0969. The van der Waals surface area contributed by atoms with E-state index in [0.717, 1.165) is 10.9 Å². The molecule has 0 aliphatic carbocycles. The van der Waals surface area contributed by atoms with E-state index in [0.29, 0.717) is 5.02 Å². The summed E-state index contributed by atoms with van der Waals surface area (Å²) >= 11 is 6.16. The van der Waals surface area contributed by atoms with Gasteiger partial charge in [0.15, 0.2) is 5.78 Å². The molecule has 0 saturated carbocycles. The van der Waals surface area contributed by atoms with E-state index in [-0.39, 0.29) is 17.9 Å². The Morgan fingerprint density at radius 3 is 2.70 bits per heavy atom. The summed E-state index contributed by atoms with van der Waals surface area (Å²) in [7, 11) is 0. The van der Waals surface area contributed by atoms with Crippen molar-refractivity contribution in [1.29, 1.82) is 0 Å². The molecule has 0 bridgehead atoms. The van der Waals surface area contributed by atoms with Gasteiger partial charge in [-0.3, -0.25) is 4.79 Å². The highest BCUT2D eigenvalue weighted by molar-refractivity contribution is 6.35. The van der Waals surface area contributed by atoms with Crippen molar-refractivity contribution in [1.82, 2.24) is 4.57 Å². The Hall–Kier alpha value is -2.13. The van der Waals surface area contributed by atoms with Gasteiger partial charge in [0, 0.05) is 11.6 Å². The van der Waals surface area contributed by atoms with Crippen LogP contribution in [0.1, 0.15) is 10.4 Å². The van der Waals surface area contributed by atoms with E-state index in [2.05, 4.69) is 0 Å². The van der Waals surface area contributed by atoms with E-state index >= 15 is 0 Å².